The summed E-state index contributed by atoms with van der Waals surface area (Å²) in [7, 11) is 0. The van der Waals surface area contributed by atoms with Crippen molar-refractivity contribution in [3.8, 4) is 22.3 Å². The first-order valence-corrected chi connectivity index (χ1v) is 29.2. The first-order valence-electron chi connectivity index (χ1n) is 29.2. The van der Waals surface area contributed by atoms with E-state index in [4.69, 9.17) is 14.2 Å². The maximum atomic E-state index is 15.1. The molecule has 4 aliphatic heterocycles. The van der Waals surface area contributed by atoms with Crippen LogP contribution in [0, 0.1) is 37.1 Å². The summed E-state index contributed by atoms with van der Waals surface area (Å²) in [6, 6.07) is 19.6. The molecule has 0 aliphatic carbocycles. The van der Waals surface area contributed by atoms with Crippen LogP contribution in [0.15, 0.2) is 104 Å². The van der Waals surface area contributed by atoms with Gasteiger partial charge in [-0.3, -0.25) is 24.7 Å². The number of hydrogen-bond donors (Lipinski definition) is 1. The molecule has 4 fully saturated rings. The van der Waals surface area contributed by atoms with E-state index >= 15 is 8.78 Å². The van der Waals surface area contributed by atoms with E-state index in [1.54, 1.807) is 41.6 Å². The maximum absolute atomic E-state index is 15.1. The van der Waals surface area contributed by atoms with Gasteiger partial charge >= 0.3 is 6.09 Å². The van der Waals surface area contributed by atoms with Crippen LogP contribution in [0.1, 0.15) is 91.2 Å². The number of imidazole rings is 2. The van der Waals surface area contributed by atoms with E-state index in [-0.39, 0.29) is 66.1 Å². The summed E-state index contributed by atoms with van der Waals surface area (Å²) in [4.78, 5) is 54.8. The number of nitrogens with zero attached hydrogens (tertiary/aromatic N) is 13. The average Bonchev–Trinajstić information content (AvgIpc) is 2.04. The van der Waals surface area contributed by atoms with Crippen molar-refractivity contribution in [3.05, 3.63) is 179 Å². The van der Waals surface area contributed by atoms with Gasteiger partial charge in [0.1, 0.15) is 52.6 Å². The van der Waals surface area contributed by atoms with Gasteiger partial charge in [0.25, 0.3) is 0 Å². The topological polar surface area (TPSA) is 179 Å². The van der Waals surface area contributed by atoms with Gasteiger partial charge in [0, 0.05) is 129 Å². The molecular formula is C64H68F4N14O4. The highest BCUT2D eigenvalue weighted by Gasteiger charge is 2.43. The van der Waals surface area contributed by atoms with E-state index in [0.717, 1.165) is 61.5 Å². The smallest absolute Gasteiger partial charge is 0.410 e. The van der Waals surface area contributed by atoms with Gasteiger partial charge in [-0.05, 0) is 94.6 Å². The zero-order valence-corrected chi connectivity index (χ0v) is 48.9. The molecule has 86 heavy (non-hydrogen) atoms. The number of carbonyl (C=O) groups excluding carboxylic acids is 1. The number of pyridine rings is 2. The summed E-state index contributed by atoms with van der Waals surface area (Å²) in [5, 5.41) is 3.52. The molecule has 13 rings (SSSR count). The zero-order valence-electron chi connectivity index (χ0n) is 48.9. The van der Waals surface area contributed by atoms with Gasteiger partial charge in [-0.2, -0.15) is 0 Å². The molecule has 18 nitrogen and oxygen atoms in total. The van der Waals surface area contributed by atoms with Crippen molar-refractivity contribution in [2.45, 2.75) is 110 Å². The number of benzene rings is 3. The van der Waals surface area contributed by atoms with Gasteiger partial charge in [-0.1, -0.05) is 30.3 Å². The number of fused-ring (bicyclic) bond motifs is 4. The molecule has 0 spiro atoms. The molecule has 4 saturated heterocycles. The van der Waals surface area contributed by atoms with Gasteiger partial charge in [0.15, 0.2) is 11.6 Å². The lowest BCUT2D eigenvalue weighted by molar-refractivity contribution is -0.0446. The second kappa shape index (κ2) is 25.1. The van der Waals surface area contributed by atoms with Crippen LogP contribution in [0.4, 0.5) is 22.4 Å². The van der Waals surface area contributed by atoms with Crippen molar-refractivity contribution in [1.82, 2.24) is 69.0 Å². The third-order valence-electron chi connectivity index (χ3n) is 16.3. The van der Waals surface area contributed by atoms with Crippen LogP contribution < -0.4 is 5.32 Å². The standard InChI is InChI=1S/C36H37F2N7O3.C28H31F2N7O/c1-22(2)45-23(3)42-35-29(37)11-26(12-31(35)45)28-13-27(39-17-30(28)38)14-34-40-15-25(16-41-34)18-43-19-32-33(20-43)47-10-9-44(32)36(46)48-21-24-7-5-4-6-8-24;1-16(2)37-17(3)35-28-22(29)6-19(7-25(28)37)21-8-20(32-12-23(21)30)9-27-33-10-18(11-34-27)13-36-14-24-26(15-36)38-5-4-31-24/h4-8,11-13,15-17,22,32-33H,9-10,14,18-21H2,1-3H3;6-8,10-12,16,24,26,31H,4-5,9,13-15H2,1-3H3/t32-,33+;24-,26+/m00/s1. The Morgan fingerprint density at radius 2 is 1.12 bits per heavy atom. The van der Waals surface area contributed by atoms with Crippen LogP contribution in [0.5, 0.6) is 0 Å². The summed E-state index contributed by atoms with van der Waals surface area (Å²) < 4.78 is 81.4. The Labute approximate surface area is 495 Å². The second-order valence-corrected chi connectivity index (χ2v) is 23.1. The van der Waals surface area contributed by atoms with Gasteiger partial charge in [0.2, 0.25) is 0 Å². The number of hydrogen-bond acceptors (Lipinski definition) is 15. The number of morpholine rings is 2. The first kappa shape index (κ1) is 58.2. The third kappa shape index (κ3) is 12.6. The largest absolute Gasteiger partial charge is 0.445 e. The number of likely N-dealkylation sites (tertiary alicyclic amines) is 2. The average molecular weight is 1170 g/mol. The van der Waals surface area contributed by atoms with Gasteiger partial charge in [-0.25, -0.2) is 52.3 Å². The van der Waals surface area contributed by atoms with E-state index in [9.17, 15) is 13.6 Å². The number of amides is 1. The number of ether oxygens (including phenoxy) is 3. The molecule has 4 atom stereocenters. The van der Waals surface area contributed by atoms with Crippen molar-refractivity contribution < 1.29 is 36.6 Å². The summed E-state index contributed by atoms with van der Waals surface area (Å²) in [5.41, 5.74) is 7.28. The highest BCUT2D eigenvalue weighted by atomic mass is 19.1. The Hall–Kier alpha value is -8.15. The van der Waals surface area contributed by atoms with Crippen molar-refractivity contribution in [3.63, 3.8) is 0 Å². The number of rotatable bonds is 14. The molecule has 3 aromatic carbocycles. The van der Waals surface area contributed by atoms with Crippen molar-refractivity contribution in [2.24, 2.45) is 0 Å². The number of carbonyl (C=O) groups is 1. The highest BCUT2D eigenvalue weighted by molar-refractivity contribution is 5.85. The van der Waals surface area contributed by atoms with Gasteiger partial charge < -0.3 is 28.7 Å². The summed E-state index contributed by atoms with van der Waals surface area (Å²) in [5.74, 6) is 0.511. The number of aryl methyl sites for hydroxylation is 2. The molecule has 446 valence electrons. The quantitative estimate of drug-likeness (QED) is 0.102. The summed E-state index contributed by atoms with van der Waals surface area (Å²) in [6.07, 6.45) is 10.0. The van der Waals surface area contributed by atoms with Crippen molar-refractivity contribution >= 4 is 28.2 Å². The molecule has 22 heteroatoms. The monoisotopic (exact) mass is 1170 g/mol. The van der Waals surface area contributed by atoms with Crippen LogP contribution in [0.2, 0.25) is 0 Å². The molecule has 0 bridgehead atoms. The molecule has 0 saturated carbocycles. The summed E-state index contributed by atoms with van der Waals surface area (Å²) >= 11 is 0. The van der Waals surface area contributed by atoms with E-state index in [2.05, 4.69) is 55.0 Å². The van der Waals surface area contributed by atoms with Crippen LogP contribution in [0.3, 0.4) is 0 Å². The van der Waals surface area contributed by atoms with Crippen LogP contribution in [-0.2, 0) is 46.7 Å². The molecule has 1 N–H and O–H groups in total. The molecule has 0 radical (unpaired) electrons. The Morgan fingerprint density at radius 3 is 1.64 bits per heavy atom. The molecule has 6 aromatic heterocycles. The van der Waals surface area contributed by atoms with E-state index < -0.39 is 23.3 Å². The molecule has 0 unspecified atom stereocenters. The predicted molar refractivity (Wildman–Crippen MR) is 315 cm³/mol. The summed E-state index contributed by atoms with van der Waals surface area (Å²) in [6.45, 7) is 19.1. The third-order valence-corrected chi connectivity index (χ3v) is 16.3. The zero-order chi connectivity index (χ0) is 59.8. The maximum Gasteiger partial charge on any atom is 0.410 e. The molecule has 9 aromatic rings. The Bertz CT molecular complexity index is 3890. The Morgan fingerprint density at radius 1 is 0.605 bits per heavy atom. The minimum Gasteiger partial charge on any atom is -0.445 e. The van der Waals surface area contributed by atoms with Crippen LogP contribution in [-0.4, -0.2) is 147 Å². The SMILES string of the molecule is Cc1nc2c(F)cc(-c3cc(Cc4ncc(CN5C[C@@H]6NCCO[C@@H]6C5)cn4)ncc3F)cc2n1C(C)C.Cc1nc2c(F)cc(-c3cc(Cc4ncc(CN5C[C@H]6OCCN(C(=O)OCc7ccccc7)[C@H]6C5)cn4)ncc3F)cc2n1C(C)C. The van der Waals surface area contributed by atoms with Crippen molar-refractivity contribution in [2.75, 3.05) is 52.5 Å². The molecule has 4 aliphatic rings. The van der Waals surface area contributed by atoms with Crippen molar-refractivity contribution in [1.29, 1.82) is 0 Å². The Kier molecular flexibility index (Phi) is 17.0. The lowest BCUT2D eigenvalue weighted by Gasteiger charge is -2.36. The molecule has 10 heterocycles. The fourth-order valence-electron chi connectivity index (χ4n) is 12.4. The lowest BCUT2D eigenvalue weighted by Crippen LogP contribution is -2.53. The fraction of sp³-hybridized carbons (Fsp3) is 0.391. The van der Waals surface area contributed by atoms with Gasteiger partial charge in [-0.15, -0.1) is 0 Å². The number of halogens is 4. The minimum absolute atomic E-state index is 0.0641. The minimum atomic E-state index is -0.542. The van der Waals surface area contributed by atoms with Gasteiger partial charge in [0.05, 0.1) is 67.7 Å². The number of nitrogens with one attached hydrogen (secondary N) is 1. The van der Waals surface area contributed by atoms with E-state index in [0.29, 0.717) is 102 Å². The normalized spacial score (nSPS) is 18.9. The predicted octanol–water partition coefficient (Wildman–Crippen LogP) is 9.69. The molecular weight excluding hydrogens is 1100 g/mol. The number of aromatic nitrogens is 10. The van der Waals surface area contributed by atoms with E-state index in [1.807, 2.05) is 93.4 Å². The highest BCUT2D eigenvalue weighted by Crippen LogP contribution is 2.34. The second-order valence-electron chi connectivity index (χ2n) is 23.1. The van der Waals surface area contributed by atoms with Crippen LogP contribution in [0.25, 0.3) is 44.3 Å². The molecule has 1 amide bonds. The van der Waals surface area contributed by atoms with E-state index in [1.165, 1.54) is 18.3 Å². The van der Waals surface area contributed by atoms with Crippen LogP contribution >= 0.6 is 0 Å². The lowest BCUT2D eigenvalue weighted by atomic mass is 10.0. The first-order chi connectivity index (χ1) is 41.6. The fourth-order valence-corrected chi connectivity index (χ4v) is 12.4. The Balaban J connectivity index is 0.000000173.